The molecular weight excluding hydrogens is 160 g/mol. The van der Waals surface area contributed by atoms with Gasteiger partial charge in [0.2, 0.25) is 0 Å². The van der Waals surface area contributed by atoms with Gasteiger partial charge in [0.1, 0.15) is 0 Å². The largest absolute Gasteiger partial charge is 0.326 e. The van der Waals surface area contributed by atoms with Crippen LogP contribution in [-0.2, 0) is 6.54 Å². The first kappa shape index (κ1) is 9.56. The van der Waals surface area contributed by atoms with Crippen LogP contribution in [0.3, 0.4) is 0 Å². The predicted octanol–water partition coefficient (Wildman–Crippen LogP) is 2.57. The van der Waals surface area contributed by atoms with E-state index in [1.807, 2.05) is 30.8 Å². The standard InChI is InChI=1S/C11H14N2/c1-5-6-11-10(4)12-8-13(11)7-9(2)3/h6,8H,1-2,7H2,3-4H3. The fraction of sp³-hybridized carbons (Fsp3) is 0.273. The average Bonchev–Trinajstić information content (AvgIpc) is 2.35. The average molecular weight is 174 g/mol. The minimum absolute atomic E-state index is 0.800. The zero-order chi connectivity index (χ0) is 9.84. The van der Waals surface area contributed by atoms with Crippen LogP contribution in [0.1, 0.15) is 18.3 Å². The summed E-state index contributed by atoms with van der Waals surface area (Å²) in [5, 5.41) is 0. The lowest BCUT2D eigenvalue weighted by molar-refractivity contribution is 0.777. The number of rotatable bonds is 3. The second-order valence-corrected chi connectivity index (χ2v) is 3.15. The van der Waals surface area contributed by atoms with E-state index in [0.29, 0.717) is 0 Å². The number of aromatic nitrogens is 2. The van der Waals surface area contributed by atoms with Crippen LogP contribution in [0, 0.1) is 6.92 Å². The van der Waals surface area contributed by atoms with E-state index in [2.05, 4.69) is 23.9 Å². The first-order valence-corrected chi connectivity index (χ1v) is 4.17. The van der Waals surface area contributed by atoms with Gasteiger partial charge in [-0.25, -0.2) is 4.98 Å². The van der Waals surface area contributed by atoms with E-state index in [-0.39, 0.29) is 0 Å². The van der Waals surface area contributed by atoms with Crippen molar-refractivity contribution in [2.75, 3.05) is 0 Å². The lowest BCUT2D eigenvalue weighted by Gasteiger charge is -2.03. The molecule has 1 heterocycles. The first-order valence-electron chi connectivity index (χ1n) is 4.17. The van der Waals surface area contributed by atoms with Crippen molar-refractivity contribution in [3.05, 3.63) is 42.2 Å². The summed E-state index contributed by atoms with van der Waals surface area (Å²) in [5.74, 6) is 0. The normalized spacial score (nSPS) is 9.38. The molecule has 0 spiro atoms. The van der Waals surface area contributed by atoms with E-state index in [1.54, 1.807) is 0 Å². The first-order chi connectivity index (χ1) is 6.15. The molecule has 0 unspecified atom stereocenters. The van der Waals surface area contributed by atoms with Crippen molar-refractivity contribution in [3.63, 3.8) is 0 Å². The van der Waals surface area contributed by atoms with Gasteiger partial charge in [0.15, 0.2) is 0 Å². The highest BCUT2D eigenvalue weighted by atomic mass is 15.0. The molecule has 0 bridgehead atoms. The van der Waals surface area contributed by atoms with E-state index >= 15 is 0 Å². The molecular formula is C11H14N2. The molecule has 68 valence electrons. The van der Waals surface area contributed by atoms with Gasteiger partial charge in [-0.05, 0) is 13.8 Å². The SMILES string of the molecule is C=C=Cc1c(C)ncn1CC(=C)C. The molecule has 0 aliphatic carbocycles. The van der Waals surface area contributed by atoms with Crippen molar-refractivity contribution in [2.45, 2.75) is 20.4 Å². The Morgan fingerprint density at radius 1 is 1.77 bits per heavy atom. The van der Waals surface area contributed by atoms with E-state index in [0.717, 1.165) is 23.5 Å². The lowest BCUT2D eigenvalue weighted by atomic mass is 10.3. The summed E-state index contributed by atoms with van der Waals surface area (Å²) >= 11 is 0. The Kier molecular flexibility index (Phi) is 2.88. The predicted molar refractivity (Wildman–Crippen MR) is 55.4 cm³/mol. The van der Waals surface area contributed by atoms with Gasteiger partial charge in [0.25, 0.3) is 0 Å². The van der Waals surface area contributed by atoms with Crippen molar-refractivity contribution < 1.29 is 0 Å². The minimum atomic E-state index is 0.800. The molecule has 0 fully saturated rings. The van der Waals surface area contributed by atoms with Crippen LogP contribution in [0.4, 0.5) is 0 Å². The van der Waals surface area contributed by atoms with Gasteiger partial charge < -0.3 is 4.57 Å². The van der Waals surface area contributed by atoms with Gasteiger partial charge >= 0.3 is 0 Å². The summed E-state index contributed by atoms with van der Waals surface area (Å²) in [6.07, 6.45) is 3.65. The highest BCUT2D eigenvalue weighted by molar-refractivity contribution is 5.46. The summed E-state index contributed by atoms with van der Waals surface area (Å²) in [5.41, 5.74) is 5.92. The van der Waals surface area contributed by atoms with Crippen molar-refractivity contribution in [1.82, 2.24) is 9.55 Å². The zero-order valence-corrected chi connectivity index (χ0v) is 8.17. The summed E-state index contributed by atoms with van der Waals surface area (Å²) < 4.78 is 2.04. The monoisotopic (exact) mass is 174 g/mol. The fourth-order valence-corrected chi connectivity index (χ4v) is 1.19. The molecule has 0 amide bonds. The second-order valence-electron chi connectivity index (χ2n) is 3.15. The molecule has 0 aliphatic heterocycles. The molecule has 0 aliphatic rings. The Bertz CT molecular complexity index is 365. The van der Waals surface area contributed by atoms with Crippen LogP contribution in [0.25, 0.3) is 6.08 Å². The van der Waals surface area contributed by atoms with Gasteiger partial charge in [-0.3, -0.25) is 0 Å². The van der Waals surface area contributed by atoms with Crippen molar-refractivity contribution in [1.29, 1.82) is 0 Å². The number of nitrogens with zero attached hydrogens (tertiary/aromatic N) is 2. The van der Waals surface area contributed by atoms with Gasteiger partial charge in [-0.15, -0.1) is 5.73 Å². The highest BCUT2D eigenvalue weighted by Gasteiger charge is 2.02. The molecule has 13 heavy (non-hydrogen) atoms. The van der Waals surface area contributed by atoms with E-state index in [9.17, 15) is 0 Å². The molecule has 0 radical (unpaired) electrons. The number of allylic oxidation sites excluding steroid dienone is 1. The highest BCUT2D eigenvalue weighted by Crippen LogP contribution is 2.09. The number of imidazole rings is 1. The fourth-order valence-electron chi connectivity index (χ4n) is 1.19. The number of aryl methyl sites for hydroxylation is 1. The second kappa shape index (κ2) is 3.92. The van der Waals surface area contributed by atoms with E-state index in [1.165, 1.54) is 0 Å². The third-order valence-corrected chi connectivity index (χ3v) is 1.75. The molecule has 2 nitrogen and oxygen atoms in total. The topological polar surface area (TPSA) is 17.8 Å². The zero-order valence-electron chi connectivity index (χ0n) is 8.17. The third-order valence-electron chi connectivity index (χ3n) is 1.75. The van der Waals surface area contributed by atoms with Crippen LogP contribution >= 0.6 is 0 Å². The van der Waals surface area contributed by atoms with Crippen LogP contribution < -0.4 is 0 Å². The molecule has 1 aromatic heterocycles. The van der Waals surface area contributed by atoms with Crippen LogP contribution in [0.15, 0.2) is 30.8 Å². The van der Waals surface area contributed by atoms with Crippen LogP contribution in [0.2, 0.25) is 0 Å². The van der Waals surface area contributed by atoms with Crippen LogP contribution in [-0.4, -0.2) is 9.55 Å². The minimum Gasteiger partial charge on any atom is -0.326 e. The summed E-state index contributed by atoms with van der Waals surface area (Å²) in [7, 11) is 0. The molecule has 2 heteroatoms. The van der Waals surface area contributed by atoms with Crippen molar-refractivity contribution in [3.8, 4) is 0 Å². The summed E-state index contributed by atoms with van der Waals surface area (Å²) in [6.45, 7) is 12.2. The van der Waals surface area contributed by atoms with Gasteiger partial charge in [0, 0.05) is 12.6 Å². The van der Waals surface area contributed by atoms with Crippen molar-refractivity contribution >= 4 is 6.08 Å². The molecule has 1 rings (SSSR count). The Morgan fingerprint density at radius 3 is 3.00 bits per heavy atom. The Morgan fingerprint density at radius 2 is 2.46 bits per heavy atom. The molecule has 0 aromatic carbocycles. The van der Waals surface area contributed by atoms with Gasteiger partial charge in [-0.2, -0.15) is 0 Å². The maximum absolute atomic E-state index is 4.21. The lowest BCUT2D eigenvalue weighted by Crippen LogP contribution is -1.99. The van der Waals surface area contributed by atoms with Gasteiger partial charge in [-0.1, -0.05) is 18.7 Å². The van der Waals surface area contributed by atoms with Gasteiger partial charge in [0.05, 0.1) is 17.7 Å². The van der Waals surface area contributed by atoms with Crippen LogP contribution in [0.5, 0.6) is 0 Å². The maximum Gasteiger partial charge on any atom is 0.0957 e. The smallest absolute Gasteiger partial charge is 0.0957 e. The molecule has 0 saturated heterocycles. The summed E-state index contributed by atoms with van der Waals surface area (Å²) in [6, 6.07) is 0. The number of hydrogen-bond acceptors (Lipinski definition) is 1. The molecule has 0 saturated carbocycles. The van der Waals surface area contributed by atoms with E-state index < -0.39 is 0 Å². The Labute approximate surface area is 78.9 Å². The van der Waals surface area contributed by atoms with E-state index in [4.69, 9.17) is 0 Å². The third kappa shape index (κ3) is 2.20. The summed E-state index contributed by atoms with van der Waals surface area (Å²) in [4.78, 5) is 4.21. The molecule has 0 atom stereocenters. The molecule has 0 N–H and O–H groups in total. The quantitative estimate of drug-likeness (QED) is 0.508. The number of hydrogen-bond donors (Lipinski definition) is 0. The Hall–Kier alpha value is -1.53. The Balaban J connectivity index is 3.06. The maximum atomic E-state index is 4.21. The molecule has 1 aromatic rings. The van der Waals surface area contributed by atoms with Crippen molar-refractivity contribution in [2.24, 2.45) is 0 Å².